The van der Waals surface area contributed by atoms with E-state index in [-0.39, 0.29) is 24.0 Å². The van der Waals surface area contributed by atoms with Crippen LogP contribution in [0.15, 0.2) is 72.2 Å². The van der Waals surface area contributed by atoms with Crippen LogP contribution in [0.25, 0.3) is 0 Å². The van der Waals surface area contributed by atoms with Gasteiger partial charge in [0.15, 0.2) is 5.96 Å². The number of guanidine groups is 1. The van der Waals surface area contributed by atoms with Gasteiger partial charge in [-0.2, -0.15) is 0 Å². The lowest BCUT2D eigenvalue weighted by atomic mass is 10.1. The van der Waals surface area contributed by atoms with E-state index < -0.39 is 0 Å². The summed E-state index contributed by atoms with van der Waals surface area (Å²) in [5.74, 6) is 1.84. The SMILES string of the molecule is CN=C(NCc1cccc(Cn2ccnc2)c1)N1CCN(c2ccc(OC)cc2)CC1.I. The minimum atomic E-state index is 0. The molecule has 1 N–H and O–H groups in total. The summed E-state index contributed by atoms with van der Waals surface area (Å²) in [6, 6.07) is 16.9. The highest BCUT2D eigenvalue weighted by atomic mass is 127. The smallest absolute Gasteiger partial charge is 0.194 e. The second-order valence-electron chi connectivity index (χ2n) is 7.63. The molecule has 0 unspecified atom stereocenters. The van der Waals surface area contributed by atoms with Gasteiger partial charge in [0, 0.05) is 64.4 Å². The Balaban J connectivity index is 0.00000289. The summed E-state index contributed by atoms with van der Waals surface area (Å²) in [4.78, 5) is 13.4. The van der Waals surface area contributed by atoms with Crippen LogP contribution in [0.2, 0.25) is 0 Å². The quantitative estimate of drug-likeness (QED) is 0.292. The van der Waals surface area contributed by atoms with Crippen molar-refractivity contribution in [1.82, 2.24) is 19.8 Å². The number of aromatic nitrogens is 2. The van der Waals surface area contributed by atoms with Crippen molar-refractivity contribution < 1.29 is 4.74 Å². The van der Waals surface area contributed by atoms with E-state index in [0.717, 1.165) is 51.0 Å². The number of nitrogens with zero attached hydrogens (tertiary/aromatic N) is 5. The Hall–Kier alpha value is -2.75. The molecule has 1 aromatic heterocycles. The van der Waals surface area contributed by atoms with Gasteiger partial charge in [-0.1, -0.05) is 24.3 Å². The average Bonchev–Trinajstić information content (AvgIpc) is 3.33. The van der Waals surface area contributed by atoms with Crippen LogP contribution >= 0.6 is 24.0 Å². The molecule has 1 aliphatic heterocycles. The Labute approximate surface area is 207 Å². The van der Waals surface area contributed by atoms with Crippen LogP contribution in [0.5, 0.6) is 5.75 Å². The Kier molecular flexibility index (Phi) is 8.78. The molecule has 2 aromatic carbocycles. The van der Waals surface area contributed by atoms with Crippen molar-refractivity contribution in [3.05, 3.63) is 78.4 Å². The zero-order valence-corrected chi connectivity index (χ0v) is 21.0. The highest BCUT2D eigenvalue weighted by Gasteiger charge is 2.19. The van der Waals surface area contributed by atoms with Gasteiger partial charge in [0.2, 0.25) is 0 Å². The topological polar surface area (TPSA) is 57.9 Å². The Bertz CT molecular complexity index is 982. The van der Waals surface area contributed by atoms with Crippen LogP contribution in [0.1, 0.15) is 11.1 Å². The summed E-state index contributed by atoms with van der Waals surface area (Å²) in [6.07, 6.45) is 5.64. The zero-order chi connectivity index (χ0) is 21.5. The minimum absolute atomic E-state index is 0. The number of benzene rings is 2. The molecule has 0 aliphatic carbocycles. The van der Waals surface area contributed by atoms with Crippen LogP contribution in [-0.4, -0.2) is 60.7 Å². The first-order valence-electron chi connectivity index (χ1n) is 10.6. The van der Waals surface area contributed by atoms with E-state index in [9.17, 15) is 0 Å². The van der Waals surface area contributed by atoms with Gasteiger partial charge in [0.25, 0.3) is 0 Å². The van der Waals surface area contributed by atoms with Crippen molar-refractivity contribution >= 4 is 35.6 Å². The molecule has 0 atom stereocenters. The summed E-state index contributed by atoms with van der Waals surface area (Å²) < 4.78 is 7.34. The van der Waals surface area contributed by atoms with Gasteiger partial charge in [0.1, 0.15) is 5.75 Å². The normalized spacial score (nSPS) is 14.1. The van der Waals surface area contributed by atoms with Crippen LogP contribution < -0.4 is 15.0 Å². The van der Waals surface area contributed by atoms with Gasteiger partial charge in [-0.25, -0.2) is 4.98 Å². The summed E-state index contributed by atoms with van der Waals surface area (Å²) in [7, 11) is 3.55. The first-order valence-corrected chi connectivity index (χ1v) is 10.6. The van der Waals surface area contributed by atoms with Crippen LogP contribution in [0, 0.1) is 0 Å². The lowest BCUT2D eigenvalue weighted by Gasteiger charge is -2.37. The number of rotatable bonds is 6. The third kappa shape index (κ3) is 6.15. The molecule has 1 aliphatic rings. The Morgan fingerprint density at radius 3 is 2.47 bits per heavy atom. The number of hydrogen-bond acceptors (Lipinski definition) is 4. The number of imidazole rings is 1. The van der Waals surface area contributed by atoms with Crippen LogP contribution in [0.3, 0.4) is 0 Å². The van der Waals surface area contributed by atoms with Gasteiger partial charge >= 0.3 is 0 Å². The van der Waals surface area contributed by atoms with E-state index in [1.165, 1.54) is 16.8 Å². The number of halogens is 1. The third-order valence-electron chi connectivity index (χ3n) is 5.59. The largest absolute Gasteiger partial charge is 0.497 e. The average molecular weight is 546 g/mol. The molecule has 7 nitrogen and oxygen atoms in total. The van der Waals surface area contributed by atoms with Crippen molar-refractivity contribution in [3.8, 4) is 5.75 Å². The van der Waals surface area contributed by atoms with Gasteiger partial charge in [-0.3, -0.25) is 4.99 Å². The molecule has 2 heterocycles. The lowest BCUT2D eigenvalue weighted by Crippen LogP contribution is -2.52. The molecule has 3 aromatic rings. The van der Waals surface area contributed by atoms with E-state index in [1.54, 1.807) is 7.11 Å². The molecule has 0 radical (unpaired) electrons. The molecule has 8 heteroatoms. The maximum absolute atomic E-state index is 5.26. The zero-order valence-electron chi connectivity index (χ0n) is 18.6. The molecule has 32 heavy (non-hydrogen) atoms. The van der Waals surface area contributed by atoms with Crippen molar-refractivity contribution in [1.29, 1.82) is 0 Å². The lowest BCUT2D eigenvalue weighted by molar-refractivity contribution is 0.372. The first-order chi connectivity index (χ1) is 15.2. The van der Waals surface area contributed by atoms with Crippen molar-refractivity contribution in [2.45, 2.75) is 13.1 Å². The fraction of sp³-hybridized carbons (Fsp3) is 0.333. The van der Waals surface area contributed by atoms with Gasteiger partial charge in [0.05, 0.1) is 13.4 Å². The van der Waals surface area contributed by atoms with Crippen molar-refractivity contribution in [2.24, 2.45) is 4.99 Å². The molecule has 4 rings (SSSR count). The number of anilines is 1. The number of nitrogens with one attached hydrogen (secondary N) is 1. The Morgan fingerprint density at radius 2 is 1.81 bits per heavy atom. The number of aliphatic imine (C=N–C) groups is 1. The first kappa shape index (κ1) is 23.9. The molecular formula is C24H31IN6O. The van der Waals surface area contributed by atoms with Crippen molar-refractivity contribution in [3.63, 3.8) is 0 Å². The van der Waals surface area contributed by atoms with Gasteiger partial charge in [-0.05, 0) is 35.4 Å². The second kappa shape index (κ2) is 11.8. The van der Waals surface area contributed by atoms with Crippen LogP contribution in [0.4, 0.5) is 5.69 Å². The molecule has 1 saturated heterocycles. The summed E-state index contributed by atoms with van der Waals surface area (Å²) >= 11 is 0. The fourth-order valence-electron chi connectivity index (χ4n) is 3.91. The molecule has 0 spiro atoms. The molecule has 0 bridgehead atoms. The maximum atomic E-state index is 5.26. The second-order valence-corrected chi connectivity index (χ2v) is 7.63. The Morgan fingerprint density at radius 1 is 1.06 bits per heavy atom. The van der Waals surface area contributed by atoms with Gasteiger partial charge < -0.3 is 24.4 Å². The summed E-state index contributed by atoms with van der Waals surface area (Å²) in [5.41, 5.74) is 3.74. The number of hydrogen-bond donors (Lipinski definition) is 1. The standard InChI is InChI=1S/C24H30N6O.HI/c1-25-24(27-17-20-4-3-5-21(16-20)18-28-11-10-26-19-28)30-14-12-29(13-15-30)22-6-8-23(31-2)9-7-22;/h3-11,16,19H,12-15,17-18H2,1-2H3,(H,25,27);1H. The van der Waals surface area contributed by atoms with Gasteiger partial charge in [-0.15, -0.1) is 24.0 Å². The summed E-state index contributed by atoms with van der Waals surface area (Å²) in [6.45, 7) is 5.39. The predicted molar refractivity (Wildman–Crippen MR) is 140 cm³/mol. The van der Waals surface area contributed by atoms with E-state index in [0.29, 0.717) is 0 Å². The number of ether oxygens (including phenoxy) is 1. The molecule has 1 fully saturated rings. The molecular weight excluding hydrogens is 515 g/mol. The predicted octanol–water partition coefficient (Wildman–Crippen LogP) is 3.46. The molecule has 0 saturated carbocycles. The highest BCUT2D eigenvalue weighted by molar-refractivity contribution is 14.0. The monoisotopic (exact) mass is 546 g/mol. The molecule has 0 amide bonds. The maximum Gasteiger partial charge on any atom is 0.194 e. The van der Waals surface area contributed by atoms with E-state index in [2.05, 4.69) is 66.1 Å². The van der Waals surface area contributed by atoms with E-state index >= 15 is 0 Å². The van der Waals surface area contributed by atoms with E-state index in [1.807, 2.05) is 37.9 Å². The third-order valence-corrected chi connectivity index (χ3v) is 5.59. The number of methoxy groups -OCH3 is 1. The summed E-state index contributed by atoms with van der Waals surface area (Å²) in [5, 5.41) is 3.53. The molecule has 170 valence electrons. The minimum Gasteiger partial charge on any atom is -0.497 e. The highest BCUT2D eigenvalue weighted by Crippen LogP contribution is 2.20. The van der Waals surface area contributed by atoms with Crippen molar-refractivity contribution in [2.75, 3.05) is 45.2 Å². The van der Waals surface area contributed by atoms with E-state index in [4.69, 9.17) is 4.74 Å². The number of piperazine rings is 1. The fourth-order valence-corrected chi connectivity index (χ4v) is 3.91. The van der Waals surface area contributed by atoms with Crippen LogP contribution in [-0.2, 0) is 13.1 Å².